The van der Waals surface area contributed by atoms with Crippen LogP contribution in [0.25, 0.3) is 11.1 Å². The molecule has 2 aromatic heterocycles. The van der Waals surface area contributed by atoms with E-state index in [0.29, 0.717) is 47.4 Å². The molecule has 0 unspecified atom stereocenters. The molecule has 4 aromatic rings. The zero-order valence-electron chi connectivity index (χ0n) is 22.7. The van der Waals surface area contributed by atoms with Gasteiger partial charge in [-0.25, -0.2) is 14.6 Å². The molecule has 13 heteroatoms. The van der Waals surface area contributed by atoms with E-state index < -0.39 is 0 Å². The molecule has 13 nitrogen and oxygen atoms in total. The first kappa shape index (κ1) is 27.9. The number of amides is 1. The van der Waals surface area contributed by atoms with Gasteiger partial charge in [-0.15, -0.1) is 5.10 Å². The van der Waals surface area contributed by atoms with E-state index in [-0.39, 0.29) is 12.0 Å². The molecule has 1 atom stereocenters. The zero-order valence-corrected chi connectivity index (χ0v) is 22.7. The summed E-state index contributed by atoms with van der Waals surface area (Å²) in [5.41, 5.74) is 2.96. The van der Waals surface area contributed by atoms with Crippen molar-refractivity contribution in [3.8, 4) is 28.7 Å². The number of hydrogen-bond donors (Lipinski definition) is 2. The average Bonchev–Trinajstić information content (AvgIpc) is 3.46. The molecule has 2 aromatic carbocycles. The number of nitrogens with one attached hydrogen (secondary N) is 2. The summed E-state index contributed by atoms with van der Waals surface area (Å²) in [6.45, 7) is 3.56. The van der Waals surface area contributed by atoms with Crippen molar-refractivity contribution in [1.82, 2.24) is 40.4 Å². The summed E-state index contributed by atoms with van der Waals surface area (Å²) in [5.74, 6) is 1.12. The largest absolute Gasteiger partial charge is 0.495 e. The van der Waals surface area contributed by atoms with E-state index in [1.165, 1.54) is 6.33 Å². The Morgan fingerprint density at radius 3 is 2.60 bits per heavy atom. The van der Waals surface area contributed by atoms with Gasteiger partial charge in [0.25, 0.3) is 5.91 Å². The molecule has 0 aliphatic heterocycles. The third-order valence-corrected chi connectivity index (χ3v) is 5.80. The van der Waals surface area contributed by atoms with Crippen molar-refractivity contribution in [2.45, 2.75) is 19.6 Å². The highest BCUT2D eigenvalue weighted by Gasteiger charge is 2.14. The Balaban J connectivity index is 1.48. The van der Waals surface area contributed by atoms with Crippen LogP contribution in [0.3, 0.4) is 0 Å². The Labute approximate surface area is 231 Å². The van der Waals surface area contributed by atoms with Crippen molar-refractivity contribution in [3.05, 3.63) is 66.2 Å². The van der Waals surface area contributed by atoms with Crippen LogP contribution in [0, 0.1) is 11.3 Å². The van der Waals surface area contributed by atoms with Crippen LogP contribution in [-0.2, 0) is 6.54 Å². The summed E-state index contributed by atoms with van der Waals surface area (Å²) >= 11 is 0. The number of anilines is 2. The van der Waals surface area contributed by atoms with Crippen molar-refractivity contribution in [2.24, 2.45) is 0 Å². The molecular formula is C27H30N10O3. The highest BCUT2D eigenvalue weighted by molar-refractivity contribution is 5.95. The number of nitriles is 1. The molecule has 4 rings (SSSR count). The lowest BCUT2D eigenvalue weighted by Gasteiger charge is -2.16. The predicted octanol–water partition coefficient (Wildman–Crippen LogP) is 2.51. The van der Waals surface area contributed by atoms with E-state index in [4.69, 9.17) is 9.47 Å². The standard InChI is InChI=1S/C27H30N10O3/c1-18(16-37-17-32-34-35-37)40-25-12-19(5-6-21(25)13-28)22-14-30-27(31-15-22)33-23-11-20(7-8-24(23)39-4)26(38)29-9-10-36(2)3/h5-8,11-12,14-15,17-18H,9-10,16H2,1-4H3,(H,29,38)(H,30,31,33)/t18-/m0/s1. The molecule has 0 saturated carbocycles. The van der Waals surface area contributed by atoms with Gasteiger partial charge >= 0.3 is 0 Å². The second kappa shape index (κ2) is 13.1. The fraction of sp³-hybridized carbons (Fsp3) is 0.296. The predicted molar refractivity (Wildman–Crippen MR) is 147 cm³/mol. The third kappa shape index (κ3) is 7.27. The van der Waals surface area contributed by atoms with Gasteiger partial charge in [0.05, 0.1) is 24.9 Å². The maximum Gasteiger partial charge on any atom is 0.251 e. The van der Waals surface area contributed by atoms with E-state index in [1.54, 1.807) is 54.5 Å². The minimum Gasteiger partial charge on any atom is -0.495 e. The summed E-state index contributed by atoms with van der Waals surface area (Å²) in [7, 11) is 5.44. The normalized spacial score (nSPS) is 11.5. The molecule has 0 aliphatic carbocycles. The van der Waals surface area contributed by atoms with Crippen LogP contribution in [0.2, 0.25) is 0 Å². The van der Waals surface area contributed by atoms with E-state index in [9.17, 15) is 10.1 Å². The molecule has 0 aliphatic rings. The summed E-state index contributed by atoms with van der Waals surface area (Å²) < 4.78 is 13.0. The van der Waals surface area contributed by atoms with E-state index in [1.807, 2.05) is 32.0 Å². The smallest absolute Gasteiger partial charge is 0.251 e. The SMILES string of the molecule is COc1ccc(C(=O)NCCN(C)C)cc1Nc1ncc(-c2ccc(C#N)c(O[C@@H](C)Cn3cnnn3)c2)cn1. The number of benzene rings is 2. The number of likely N-dealkylation sites (N-methyl/N-ethyl adjacent to an activating group) is 1. The van der Waals surface area contributed by atoms with E-state index in [2.05, 4.69) is 42.2 Å². The number of nitrogens with zero attached hydrogens (tertiary/aromatic N) is 8. The average molecular weight is 543 g/mol. The van der Waals surface area contributed by atoms with Crippen LogP contribution in [0.5, 0.6) is 11.5 Å². The Kier molecular flexibility index (Phi) is 9.16. The molecule has 40 heavy (non-hydrogen) atoms. The van der Waals surface area contributed by atoms with Gasteiger partial charge in [0.2, 0.25) is 5.95 Å². The molecule has 0 saturated heterocycles. The van der Waals surface area contributed by atoms with Gasteiger partial charge in [-0.3, -0.25) is 4.79 Å². The lowest BCUT2D eigenvalue weighted by Crippen LogP contribution is -2.31. The van der Waals surface area contributed by atoms with Gasteiger partial charge in [0, 0.05) is 36.6 Å². The van der Waals surface area contributed by atoms with Crippen LogP contribution in [0.4, 0.5) is 11.6 Å². The van der Waals surface area contributed by atoms with E-state index >= 15 is 0 Å². The minimum atomic E-state index is -0.283. The van der Waals surface area contributed by atoms with Gasteiger partial charge in [-0.1, -0.05) is 6.07 Å². The first-order chi connectivity index (χ1) is 19.4. The first-order valence-electron chi connectivity index (χ1n) is 12.5. The molecule has 206 valence electrons. The second-order valence-electron chi connectivity index (χ2n) is 9.18. The lowest BCUT2D eigenvalue weighted by molar-refractivity contribution is 0.0951. The first-order valence-corrected chi connectivity index (χ1v) is 12.5. The fourth-order valence-electron chi connectivity index (χ4n) is 3.78. The highest BCUT2D eigenvalue weighted by Crippen LogP contribution is 2.30. The molecule has 0 fully saturated rings. The van der Waals surface area contributed by atoms with E-state index in [0.717, 1.165) is 17.7 Å². The van der Waals surface area contributed by atoms with Gasteiger partial charge in [0.15, 0.2) is 0 Å². The highest BCUT2D eigenvalue weighted by atomic mass is 16.5. The minimum absolute atomic E-state index is 0.185. The van der Waals surface area contributed by atoms with Crippen molar-refractivity contribution in [2.75, 3.05) is 39.6 Å². The lowest BCUT2D eigenvalue weighted by atomic mass is 10.1. The Morgan fingerprint density at radius 2 is 1.93 bits per heavy atom. The van der Waals surface area contributed by atoms with Gasteiger partial charge in [0.1, 0.15) is 30.0 Å². The van der Waals surface area contributed by atoms with Crippen LogP contribution in [0.1, 0.15) is 22.8 Å². The summed E-state index contributed by atoms with van der Waals surface area (Å²) in [4.78, 5) is 23.4. The number of tetrazole rings is 1. The molecule has 2 N–H and O–H groups in total. The summed E-state index contributed by atoms with van der Waals surface area (Å²) in [5, 5.41) is 26.7. The van der Waals surface area contributed by atoms with Crippen LogP contribution < -0.4 is 20.1 Å². The molecular weight excluding hydrogens is 512 g/mol. The van der Waals surface area contributed by atoms with Gasteiger partial charge in [-0.2, -0.15) is 5.26 Å². The second-order valence-corrected chi connectivity index (χ2v) is 9.18. The number of carbonyl (C=O) groups excluding carboxylic acids is 1. The molecule has 0 bridgehead atoms. The topological polar surface area (TPSA) is 156 Å². The zero-order chi connectivity index (χ0) is 28.5. The monoisotopic (exact) mass is 542 g/mol. The van der Waals surface area contributed by atoms with Crippen molar-refractivity contribution >= 4 is 17.5 Å². The number of ether oxygens (including phenoxy) is 2. The van der Waals surface area contributed by atoms with Gasteiger partial charge < -0.3 is 25.0 Å². The maximum atomic E-state index is 12.6. The van der Waals surface area contributed by atoms with Crippen molar-refractivity contribution < 1.29 is 14.3 Å². The number of hydrogen-bond acceptors (Lipinski definition) is 11. The number of methoxy groups -OCH3 is 1. The Hall–Kier alpha value is -5.09. The number of carbonyl (C=O) groups is 1. The Morgan fingerprint density at radius 1 is 1.12 bits per heavy atom. The van der Waals surface area contributed by atoms with Crippen LogP contribution >= 0.6 is 0 Å². The molecule has 1 amide bonds. The summed E-state index contributed by atoms with van der Waals surface area (Å²) in [6, 6.07) is 12.6. The molecule has 2 heterocycles. The Bertz CT molecular complexity index is 1470. The fourth-order valence-corrected chi connectivity index (χ4v) is 3.78. The third-order valence-electron chi connectivity index (χ3n) is 5.80. The maximum absolute atomic E-state index is 12.6. The molecule has 0 spiro atoms. The number of rotatable bonds is 12. The van der Waals surface area contributed by atoms with Crippen LogP contribution in [0.15, 0.2) is 55.1 Å². The summed E-state index contributed by atoms with van der Waals surface area (Å²) in [6.07, 6.45) is 4.54. The quantitative estimate of drug-likeness (QED) is 0.271. The van der Waals surface area contributed by atoms with Gasteiger partial charge in [-0.05, 0) is 67.3 Å². The molecule has 0 radical (unpaired) electrons. The number of aromatic nitrogens is 6. The van der Waals surface area contributed by atoms with Crippen LogP contribution in [-0.4, -0.2) is 81.4 Å². The van der Waals surface area contributed by atoms with Crippen molar-refractivity contribution in [3.63, 3.8) is 0 Å². The van der Waals surface area contributed by atoms with Crippen molar-refractivity contribution in [1.29, 1.82) is 5.26 Å².